The van der Waals surface area contributed by atoms with E-state index >= 15 is 0 Å². The van der Waals surface area contributed by atoms with Gasteiger partial charge in [-0.1, -0.05) is 101 Å². The monoisotopic (exact) mass is 401 g/mol. The molecule has 0 bridgehead atoms. The molecule has 1 fully saturated rings. The molecular formula is C29H39N. The van der Waals surface area contributed by atoms with E-state index in [9.17, 15) is 5.26 Å². The average Bonchev–Trinajstić information content (AvgIpc) is 2.82. The van der Waals surface area contributed by atoms with Crippen LogP contribution < -0.4 is 0 Å². The van der Waals surface area contributed by atoms with Crippen LogP contribution in [0.5, 0.6) is 0 Å². The lowest BCUT2D eigenvalue weighted by molar-refractivity contribution is 0.223. The minimum absolute atomic E-state index is 0.0729. The van der Waals surface area contributed by atoms with Crippen LogP contribution in [0.2, 0.25) is 0 Å². The Morgan fingerprint density at radius 2 is 1.60 bits per heavy atom. The maximum absolute atomic E-state index is 10.0. The number of hydrogen-bond acceptors (Lipinski definition) is 1. The molecule has 1 aliphatic carbocycles. The van der Waals surface area contributed by atoms with Crippen molar-refractivity contribution in [1.29, 1.82) is 5.26 Å². The van der Waals surface area contributed by atoms with Gasteiger partial charge in [0, 0.05) is 0 Å². The molecule has 0 N–H and O–H groups in total. The molecule has 30 heavy (non-hydrogen) atoms. The first kappa shape index (κ1) is 22.6. The molecule has 0 aromatic heterocycles. The van der Waals surface area contributed by atoms with E-state index in [0.717, 1.165) is 38.5 Å². The first-order valence-corrected chi connectivity index (χ1v) is 12.3. The van der Waals surface area contributed by atoms with Gasteiger partial charge in [-0.2, -0.15) is 5.26 Å². The van der Waals surface area contributed by atoms with E-state index in [-0.39, 0.29) is 5.41 Å². The molecule has 1 saturated carbocycles. The van der Waals surface area contributed by atoms with Crippen LogP contribution in [-0.4, -0.2) is 0 Å². The Morgan fingerprint density at radius 1 is 0.900 bits per heavy atom. The summed E-state index contributed by atoms with van der Waals surface area (Å²) in [4.78, 5) is 0. The molecule has 0 heterocycles. The van der Waals surface area contributed by atoms with Gasteiger partial charge in [0.1, 0.15) is 0 Å². The quantitative estimate of drug-likeness (QED) is 0.365. The molecule has 0 amide bonds. The van der Waals surface area contributed by atoms with E-state index in [1.54, 1.807) is 0 Å². The molecular weight excluding hydrogens is 362 g/mol. The van der Waals surface area contributed by atoms with E-state index in [2.05, 4.69) is 68.4 Å². The lowest BCUT2D eigenvalue weighted by Crippen LogP contribution is -2.25. The Hall–Kier alpha value is -2.07. The van der Waals surface area contributed by atoms with Crippen molar-refractivity contribution in [2.45, 2.75) is 96.8 Å². The Labute approximate surface area is 184 Å². The van der Waals surface area contributed by atoms with Gasteiger partial charge in [0.15, 0.2) is 0 Å². The molecule has 2 aromatic rings. The summed E-state index contributed by atoms with van der Waals surface area (Å²) in [5.41, 5.74) is 5.56. The molecule has 0 saturated heterocycles. The normalized spacial score (nSPS) is 21.3. The van der Waals surface area contributed by atoms with Crippen molar-refractivity contribution in [3.63, 3.8) is 0 Å². The molecule has 1 heteroatoms. The molecule has 1 nitrogen and oxygen atoms in total. The average molecular weight is 402 g/mol. The fourth-order valence-electron chi connectivity index (χ4n) is 5.19. The number of aryl methyl sites for hydroxylation is 1. The fraction of sp³-hybridized carbons (Fsp3) is 0.552. The van der Waals surface area contributed by atoms with Crippen LogP contribution >= 0.6 is 0 Å². The molecule has 0 radical (unpaired) electrons. The molecule has 2 aromatic carbocycles. The second-order valence-electron chi connectivity index (χ2n) is 9.33. The minimum atomic E-state index is -0.0729. The summed E-state index contributed by atoms with van der Waals surface area (Å²) in [7, 11) is 0. The maximum Gasteiger partial charge on any atom is 0.0689 e. The predicted molar refractivity (Wildman–Crippen MR) is 129 cm³/mol. The minimum Gasteiger partial charge on any atom is -0.198 e. The number of hydrogen-bond donors (Lipinski definition) is 0. The summed E-state index contributed by atoms with van der Waals surface area (Å²) in [6.07, 6.45) is 14.5. The summed E-state index contributed by atoms with van der Waals surface area (Å²) < 4.78 is 0. The summed E-state index contributed by atoms with van der Waals surface area (Å²) in [6, 6.07) is 20.6. The van der Waals surface area contributed by atoms with Crippen LogP contribution in [0.25, 0.3) is 11.1 Å². The highest BCUT2D eigenvalue weighted by atomic mass is 14.4. The van der Waals surface area contributed by atoms with Crippen LogP contribution in [-0.2, 0) is 6.42 Å². The molecule has 0 atom stereocenters. The largest absolute Gasteiger partial charge is 0.198 e. The van der Waals surface area contributed by atoms with Crippen molar-refractivity contribution in [2.24, 2.45) is 5.41 Å². The first-order chi connectivity index (χ1) is 14.7. The third-order valence-corrected chi connectivity index (χ3v) is 7.24. The van der Waals surface area contributed by atoms with E-state index in [4.69, 9.17) is 0 Å². The Balaban J connectivity index is 1.67. The van der Waals surface area contributed by atoms with Crippen molar-refractivity contribution >= 4 is 0 Å². The third-order valence-electron chi connectivity index (χ3n) is 7.24. The smallest absolute Gasteiger partial charge is 0.0689 e. The Morgan fingerprint density at radius 3 is 2.27 bits per heavy atom. The van der Waals surface area contributed by atoms with Crippen LogP contribution in [0.15, 0.2) is 48.5 Å². The van der Waals surface area contributed by atoms with Crippen molar-refractivity contribution in [3.05, 3.63) is 59.7 Å². The standard InChI is InChI=1S/C29H39N/c1-3-5-6-7-8-12-19-29(23-30)20-17-26(18-21-29)28-22-24(4-2)15-16-27(28)25-13-10-9-11-14-25/h9-11,13-16,22,26H,3-8,12,17-21H2,1-2H3. The van der Waals surface area contributed by atoms with Gasteiger partial charge < -0.3 is 0 Å². The van der Waals surface area contributed by atoms with Gasteiger partial charge in [-0.25, -0.2) is 0 Å². The maximum atomic E-state index is 10.0. The van der Waals surface area contributed by atoms with Crippen molar-refractivity contribution in [1.82, 2.24) is 0 Å². The predicted octanol–water partition coefficient (Wildman–Crippen LogP) is 8.83. The summed E-state index contributed by atoms with van der Waals surface area (Å²) in [6.45, 7) is 4.51. The first-order valence-electron chi connectivity index (χ1n) is 12.3. The third kappa shape index (κ3) is 5.75. The van der Waals surface area contributed by atoms with E-state index in [1.807, 2.05) is 0 Å². The highest BCUT2D eigenvalue weighted by molar-refractivity contribution is 5.68. The topological polar surface area (TPSA) is 23.8 Å². The summed E-state index contributed by atoms with van der Waals surface area (Å²) in [5.74, 6) is 0.581. The van der Waals surface area contributed by atoms with Gasteiger partial charge in [-0.05, 0) is 66.7 Å². The number of nitrogens with zero attached hydrogens (tertiary/aromatic N) is 1. The lowest BCUT2D eigenvalue weighted by atomic mass is 9.66. The molecule has 1 aliphatic rings. The van der Waals surface area contributed by atoms with Gasteiger partial charge >= 0.3 is 0 Å². The number of rotatable bonds is 10. The van der Waals surface area contributed by atoms with E-state index in [1.165, 1.54) is 60.8 Å². The molecule has 0 aliphatic heterocycles. The lowest BCUT2D eigenvalue weighted by Gasteiger charge is -2.36. The van der Waals surface area contributed by atoms with E-state index < -0.39 is 0 Å². The molecule has 3 rings (SSSR count). The van der Waals surface area contributed by atoms with E-state index in [0.29, 0.717) is 5.92 Å². The van der Waals surface area contributed by atoms with Gasteiger partial charge in [-0.3, -0.25) is 0 Å². The SMILES string of the molecule is CCCCCCCCC1(C#N)CCC(c2cc(CC)ccc2-c2ccccc2)CC1. The van der Waals surface area contributed by atoms with Gasteiger partial charge in [0.2, 0.25) is 0 Å². The van der Waals surface area contributed by atoms with Crippen LogP contribution in [0.3, 0.4) is 0 Å². The number of benzene rings is 2. The van der Waals surface area contributed by atoms with Crippen LogP contribution in [0, 0.1) is 16.7 Å². The van der Waals surface area contributed by atoms with Crippen LogP contribution in [0.4, 0.5) is 0 Å². The number of nitriles is 1. The second kappa shape index (κ2) is 11.4. The molecule has 0 unspecified atom stereocenters. The molecule has 160 valence electrons. The van der Waals surface area contributed by atoms with Crippen LogP contribution in [0.1, 0.15) is 102 Å². The van der Waals surface area contributed by atoms with Crippen molar-refractivity contribution < 1.29 is 0 Å². The zero-order chi connectivity index (χ0) is 21.2. The van der Waals surface area contributed by atoms with Gasteiger partial charge in [-0.15, -0.1) is 0 Å². The molecule has 0 spiro atoms. The second-order valence-corrected chi connectivity index (χ2v) is 9.33. The van der Waals surface area contributed by atoms with Gasteiger partial charge in [0.25, 0.3) is 0 Å². The Bertz CT molecular complexity index is 806. The fourth-order valence-corrected chi connectivity index (χ4v) is 5.19. The van der Waals surface area contributed by atoms with Gasteiger partial charge in [0.05, 0.1) is 11.5 Å². The zero-order valence-electron chi connectivity index (χ0n) is 19.1. The Kier molecular flexibility index (Phi) is 8.56. The van der Waals surface area contributed by atoms with Crippen molar-refractivity contribution in [3.8, 4) is 17.2 Å². The zero-order valence-corrected chi connectivity index (χ0v) is 19.1. The highest BCUT2D eigenvalue weighted by Crippen LogP contribution is 2.47. The highest BCUT2D eigenvalue weighted by Gasteiger charge is 2.36. The summed E-state index contributed by atoms with van der Waals surface area (Å²) >= 11 is 0. The van der Waals surface area contributed by atoms with Crippen molar-refractivity contribution in [2.75, 3.05) is 0 Å². The number of unbranched alkanes of at least 4 members (excludes halogenated alkanes) is 5. The summed E-state index contributed by atoms with van der Waals surface area (Å²) in [5, 5.41) is 10.0.